The highest BCUT2D eigenvalue weighted by Crippen LogP contribution is 2.38. The third kappa shape index (κ3) is 4.46. The number of nitrogens with zero attached hydrogens (tertiary/aromatic N) is 1. The first-order chi connectivity index (χ1) is 9.76. The van der Waals surface area contributed by atoms with Gasteiger partial charge in [-0.05, 0) is 32.2 Å². The van der Waals surface area contributed by atoms with Gasteiger partial charge in [-0.2, -0.15) is 0 Å². The first-order valence-corrected chi connectivity index (χ1v) is 9.23. The van der Waals surface area contributed by atoms with Crippen LogP contribution >= 0.6 is 0 Å². The standard InChI is InChI=1S/C18H35NO/c1-2-3-4-5-6-7-8-10-13-18(20)14-16-19-15-11-9-12-17(18)19/h17,20H,2-16H2,1H3. The Kier molecular flexibility index (Phi) is 6.83. The fraction of sp³-hybridized carbons (Fsp3) is 1.00. The summed E-state index contributed by atoms with van der Waals surface area (Å²) >= 11 is 0. The van der Waals surface area contributed by atoms with E-state index in [9.17, 15) is 5.11 Å². The molecule has 0 bridgehead atoms. The van der Waals surface area contributed by atoms with Gasteiger partial charge >= 0.3 is 0 Å². The molecule has 2 unspecified atom stereocenters. The van der Waals surface area contributed by atoms with Crippen molar-refractivity contribution in [3.8, 4) is 0 Å². The Hall–Kier alpha value is -0.0800. The van der Waals surface area contributed by atoms with Crippen LogP contribution in [-0.2, 0) is 0 Å². The molecule has 1 N–H and O–H groups in total. The molecule has 2 aliphatic rings. The minimum absolute atomic E-state index is 0.345. The van der Waals surface area contributed by atoms with Gasteiger partial charge in [0.2, 0.25) is 0 Å². The Bertz CT molecular complexity index is 268. The van der Waals surface area contributed by atoms with Gasteiger partial charge in [-0.25, -0.2) is 0 Å². The molecule has 118 valence electrons. The fourth-order valence-corrected chi connectivity index (χ4v) is 4.23. The van der Waals surface area contributed by atoms with E-state index in [4.69, 9.17) is 0 Å². The van der Waals surface area contributed by atoms with Gasteiger partial charge in [0.1, 0.15) is 0 Å². The van der Waals surface area contributed by atoms with E-state index in [2.05, 4.69) is 11.8 Å². The van der Waals surface area contributed by atoms with E-state index >= 15 is 0 Å². The largest absolute Gasteiger partial charge is 0.388 e. The van der Waals surface area contributed by atoms with E-state index in [1.807, 2.05) is 0 Å². The lowest BCUT2D eigenvalue weighted by atomic mass is 9.84. The molecule has 20 heavy (non-hydrogen) atoms. The average molecular weight is 281 g/mol. The van der Waals surface area contributed by atoms with Crippen LogP contribution in [0.1, 0.15) is 90.4 Å². The number of fused-ring (bicyclic) bond motifs is 1. The lowest BCUT2D eigenvalue weighted by molar-refractivity contribution is -0.0178. The monoisotopic (exact) mass is 281 g/mol. The zero-order valence-electron chi connectivity index (χ0n) is 13.6. The Morgan fingerprint density at radius 3 is 2.40 bits per heavy atom. The van der Waals surface area contributed by atoms with Gasteiger partial charge in [0.15, 0.2) is 0 Å². The van der Waals surface area contributed by atoms with Crippen molar-refractivity contribution in [2.75, 3.05) is 13.1 Å². The van der Waals surface area contributed by atoms with Gasteiger partial charge in [0.25, 0.3) is 0 Å². The zero-order valence-corrected chi connectivity index (χ0v) is 13.6. The first kappa shape index (κ1) is 16.3. The summed E-state index contributed by atoms with van der Waals surface area (Å²) in [6.07, 6.45) is 16.8. The molecular formula is C18H35NO. The molecule has 0 spiro atoms. The molecule has 0 amide bonds. The highest BCUT2D eigenvalue weighted by Gasteiger charge is 2.45. The second-order valence-corrected chi connectivity index (χ2v) is 7.13. The number of piperidine rings is 1. The summed E-state index contributed by atoms with van der Waals surface area (Å²) in [4.78, 5) is 2.55. The van der Waals surface area contributed by atoms with E-state index in [1.54, 1.807) is 0 Å². The molecule has 2 nitrogen and oxygen atoms in total. The molecule has 2 atom stereocenters. The lowest BCUT2D eigenvalue weighted by Crippen LogP contribution is -2.46. The zero-order chi connectivity index (χ0) is 14.3. The lowest BCUT2D eigenvalue weighted by Gasteiger charge is -2.37. The Balaban J connectivity index is 1.56. The van der Waals surface area contributed by atoms with E-state index < -0.39 is 0 Å². The molecule has 2 aliphatic heterocycles. The molecule has 0 radical (unpaired) electrons. The minimum atomic E-state index is -0.345. The molecule has 2 rings (SSSR count). The van der Waals surface area contributed by atoms with Crippen LogP contribution < -0.4 is 0 Å². The predicted octanol–water partition coefficient (Wildman–Crippen LogP) is 4.51. The van der Waals surface area contributed by atoms with Crippen molar-refractivity contribution >= 4 is 0 Å². The maximum absolute atomic E-state index is 10.9. The van der Waals surface area contributed by atoms with Crippen LogP contribution in [0.4, 0.5) is 0 Å². The van der Waals surface area contributed by atoms with Crippen LogP contribution in [0.25, 0.3) is 0 Å². The molecule has 2 heterocycles. The molecule has 0 aliphatic carbocycles. The number of unbranched alkanes of at least 4 members (excludes halogenated alkanes) is 7. The summed E-state index contributed by atoms with van der Waals surface area (Å²) in [6.45, 7) is 4.64. The van der Waals surface area contributed by atoms with E-state index in [0.717, 1.165) is 19.4 Å². The van der Waals surface area contributed by atoms with Crippen molar-refractivity contribution in [1.29, 1.82) is 0 Å². The maximum Gasteiger partial charge on any atom is 0.0814 e. The first-order valence-electron chi connectivity index (χ1n) is 9.23. The van der Waals surface area contributed by atoms with Gasteiger partial charge in [0, 0.05) is 12.6 Å². The second-order valence-electron chi connectivity index (χ2n) is 7.13. The highest BCUT2D eigenvalue weighted by atomic mass is 16.3. The fourth-order valence-electron chi connectivity index (χ4n) is 4.23. The van der Waals surface area contributed by atoms with Gasteiger partial charge in [-0.15, -0.1) is 0 Å². The molecule has 2 saturated heterocycles. The molecule has 0 aromatic heterocycles. The van der Waals surface area contributed by atoms with Gasteiger partial charge in [-0.1, -0.05) is 64.7 Å². The third-order valence-electron chi connectivity index (χ3n) is 5.53. The summed E-state index contributed by atoms with van der Waals surface area (Å²) in [6, 6.07) is 0.487. The summed E-state index contributed by atoms with van der Waals surface area (Å²) in [5.74, 6) is 0. The molecule has 0 aromatic rings. The Labute approximate surface area is 125 Å². The molecule has 2 heteroatoms. The number of hydrogen-bond donors (Lipinski definition) is 1. The normalized spacial score (nSPS) is 30.6. The molecule has 0 saturated carbocycles. The quantitative estimate of drug-likeness (QED) is 0.629. The smallest absolute Gasteiger partial charge is 0.0814 e. The van der Waals surface area contributed by atoms with Crippen molar-refractivity contribution in [1.82, 2.24) is 4.90 Å². The third-order valence-corrected chi connectivity index (χ3v) is 5.53. The second kappa shape index (κ2) is 8.38. The van der Waals surface area contributed by atoms with Gasteiger partial charge < -0.3 is 5.11 Å². The Morgan fingerprint density at radius 1 is 0.950 bits per heavy atom. The van der Waals surface area contributed by atoms with Crippen molar-refractivity contribution < 1.29 is 5.11 Å². The van der Waals surface area contributed by atoms with E-state index in [1.165, 1.54) is 77.2 Å². The van der Waals surface area contributed by atoms with Crippen molar-refractivity contribution in [3.63, 3.8) is 0 Å². The van der Waals surface area contributed by atoms with Gasteiger partial charge in [0.05, 0.1) is 5.60 Å². The summed E-state index contributed by atoms with van der Waals surface area (Å²) < 4.78 is 0. The van der Waals surface area contributed by atoms with Crippen molar-refractivity contribution in [2.24, 2.45) is 0 Å². The van der Waals surface area contributed by atoms with Crippen LogP contribution in [0.5, 0.6) is 0 Å². The van der Waals surface area contributed by atoms with Crippen LogP contribution in [0, 0.1) is 0 Å². The van der Waals surface area contributed by atoms with E-state index in [-0.39, 0.29) is 5.60 Å². The van der Waals surface area contributed by atoms with Crippen LogP contribution in [-0.4, -0.2) is 34.7 Å². The molecule has 2 fully saturated rings. The molecule has 0 aromatic carbocycles. The summed E-state index contributed by atoms with van der Waals surface area (Å²) in [5, 5.41) is 10.9. The maximum atomic E-state index is 10.9. The van der Waals surface area contributed by atoms with Crippen LogP contribution in [0.2, 0.25) is 0 Å². The van der Waals surface area contributed by atoms with Crippen molar-refractivity contribution in [2.45, 2.75) is 102 Å². The van der Waals surface area contributed by atoms with Gasteiger partial charge in [-0.3, -0.25) is 4.90 Å². The number of rotatable bonds is 9. The van der Waals surface area contributed by atoms with Crippen LogP contribution in [0.15, 0.2) is 0 Å². The summed E-state index contributed by atoms with van der Waals surface area (Å²) in [7, 11) is 0. The molecular weight excluding hydrogens is 246 g/mol. The highest BCUT2D eigenvalue weighted by molar-refractivity contribution is 5.00. The summed E-state index contributed by atoms with van der Waals surface area (Å²) in [5.41, 5.74) is -0.345. The van der Waals surface area contributed by atoms with E-state index in [0.29, 0.717) is 6.04 Å². The average Bonchev–Trinajstić information content (AvgIpc) is 2.80. The van der Waals surface area contributed by atoms with Crippen molar-refractivity contribution in [3.05, 3.63) is 0 Å². The topological polar surface area (TPSA) is 23.5 Å². The predicted molar refractivity (Wildman–Crippen MR) is 86.0 cm³/mol. The minimum Gasteiger partial charge on any atom is -0.388 e. The number of hydrogen-bond acceptors (Lipinski definition) is 2. The number of aliphatic hydroxyl groups is 1. The van der Waals surface area contributed by atoms with Crippen LogP contribution in [0.3, 0.4) is 0 Å². The SMILES string of the molecule is CCCCCCCCCCC1(O)CCN2CCCCC21. The Morgan fingerprint density at radius 2 is 1.65 bits per heavy atom.